The van der Waals surface area contributed by atoms with Crippen LogP contribution in [0.1, 0.15) is 27.2 Å². The normalized spacial score (nSPS) is 11.4. The first-order valence-corrected chi connectivity index (χ1v) is 5.20. The lowest BCUT2D eigenvalue weighted by molar-refractivity contribution is 0.376. The van der Waals surface area contributed by atoms with E-state index in [2.05, 4.69) is 31.1 Å². The van der Waals surface area contributed by atoms with Gasteiger partial charge in [-0.15, -0.1) is 0 Å². The van der Waals surface area contributed by atoms with E-state index in [-0.39, 0.29) is 5.41 Å². The van der Waals surface area contributed by atoms with Crippen molar-refractivity contribution in [2.75, 3.05) is 23.3 Å². The van der Waals surface area contributed by atoms with Crippen LogP contribution in [-0.2, 0) is 0 Å². The zero-order valence-corrected chi connectivity index (χ0v) is 9.67. The minimum Gasteiger partial charge on any atom is -0.396 e. The molecule has 0 saturated carbocycles. The second-order valence-corrected chi connectivity index (χ2v) is 4.54. The molecule has 1 rings (SSSR count). The topological polar surface area (TPSA) is 77.0 Å². The zero-order valence-electron chi connectivity index (χ0n) is 9.67. The number of nitrogens with zero attached hydrogens (tertiary/aromatic N) is 1. The van der Waals surface area contributed by atoms with E-state index >= 15 is 0 Å². The molecule has 0 unspecified atom stereocenters. The monoisotopic (exact) mass is 208 g/mol. The van der Waals surface area contributed by atoms with Crippen LogP contribution in [0, 0.1) is 5.41 Å². The molecule has 1 aromatic heterocycles. The second-order valence-electron chi connectivity index (χ2n) is 4.54. The number of anilines is 3. The van der Waals surface area contributed by atoms with Crippen LogP contribution < -0.4 is 16.8 Å². The van der Waals surface area contributed by atoms with Gasteiger partial charge in [0.25, 0.3) is 0 Å². The summed E-state index contributed by atoms with van der Waals surface area (Å²) in [6.07, 6.45) is 1.12. The average molecular weight is 208 g/mol. The molecule has 84 valence electrons. The minimum absolute atomic E-state index is 0.262. The van der Waals surface area contributed by atoms with Crippen LogP contribution in [0.3, 0.4) is 0 Å². The van der Waals surface area contributed by atoms with E-state index in [0.29, 0.717) is 11.5 Å². The molecule has 0 aliphatic carbocycles. The Morgan fingerprint density at radius 3 is 2.53 bits per heavy atom. The van der Waals surface area contributed by atoms with E-state index in [1.165, 1.54) is 0 Å². The Bertz CT molecular complexity index is 333. The quantitative estimate of drug-likeness (QED) is 0.708. The highest BCUT2D eigenvalue weighted by molar-refractivity contribution is 5.61. The van der Waals surface area contributed by atoms with Gasteiger partial charge in [-0.3, -0.25) is 0 Å². The maximum atomic E-state index is 5.62. The van der Waals surface area contributed by atoms with Crippen molar-refractivity contribution in [3.8, 4) is 0 Å². The summed E-state index contributed by atoms with van der Waals surface area (Å²) < 4.78 is 0. The summed E-state index contributed by atoms with van der Waals surface area (Å²) >= 11 is 0. The predicted molar refractivity (Wildman–Crippen MR) is 65.6 cm³/mol. The third-order valence-corrected chi connectivity index (χ3v) is 2.66. The van der Waals surface area contributed by atoms with E-state index in [9.17, 15) is 0 Å². The third-order valence-electron chi connectivity index (χ3n) is 2.66. The van der Waals surface area contributed by atoms with E-state index in [4.69, 9.17) is 11.5 Å². The summed E-state index contributed by atoms with van der Waals surface area (Å²) in [6, 6.07) is 3.61. The largest absolute Gasteiger partial charge is 0.396 e. The maximum Gasteiger partial charge on any atom is 0.149 e. The number of aromatic nitrogens is 1. The lowest BCUT2D eigenvalue weighted by Gasteiger charge is -2.23. The van der Waals surface area contributed by atoms with Crippen molar-refractivity contribution < 1.29 is 0 Å². The Morgan fingerprint density at radius 2 is 2.00 bits per heavy atom. The van der Waals surface area contributed by atoms with Crippen LogP contribution in [0.2, 0.25) is 0 Å². The molecule has 0 amide bonds. The van der Waals surface area contributed by atoms with Gasteiger partial charge in [-0.1, -0.05) is 20.8 Å². The fraction of sp³-hybridized carbons (Fsp3) is 0.545. The molecule has 4 nitrogen and oxygen atoms in total. The lowest BCUT2D eigenvalue weighted by atomic mass is 9.90. The fourth-order valence-electron chi connectivity index (χ4n) is 1.04. The lowest BCUT2D eigenvalue weighted by Crippen LogP contribution is -2.22. The van der Waals surface area contributed by atoms with E-state index in [0.717, 1.165) is 18.8 Å². The van der Waals surface area contributed by atoms with Crippen LogP contribution >= 0.6 is 0 Å². The van der Waals surface area contributed by atoms with Crippen LogP contribution in [0.4, 0.5) is 17.3 Å². The summed E-state index contributed by atoms with van der Waals surface area (Å²) in [7, 11) is 0. The molecule has 0 aliphatic heterocycles. The molecule has 0 radical (unpaired) electrons. The van der Waals surface area contributed by atoms with Gasteiger partial charge in [0.1, 0.15) is 11.6 Å². The predicted octanol–water partition coefficient (Wildman–Crippen LogP) is 2.09. The molecular weight excluding hydrogens is 188 g/mol. The highest BCUT2D eigenvalue weighted by Crippen LogP contribution is 2.21. The molecule has 1 aromatic rings. The highest BCUT2D eigenvalue weighted by Gasteiger charge is 2.14. The number of nitrogens with two attached hydrogens (primary N) is 2. The Hall–Kier alpha value is -1.45. The fourth-order valence-corrected chi connectivity index (χ4v) is 1.04. The van der Waals surface area contributed by atoms with E-state index in [1.54, 1.807) is 6.07 Å². The molecule has 0 saturated heterocycles. The van der Waals surface area contributed by atoms with Gasteiger partial charge in [0, 0.05) is 6.54 Å². The van der Waals surface area contributed by atoms with Crippen molar-refractivity contribution in [3.63, 3.8) is 0 Å². The molecule has 0 spiro atoms. The summed E-state index contributed by atoms with van der Waals surface area (Å²) in [5.74, 6) is 1.16. The molecule has 1 heterocycles. The Labute approximate surface area is 91.1 Å². The second kappa shape index (κ2) is 4.38. The molecule has 0 fully saturated rings. The molecule has 0 atom stereocenters. The van der Waals surface area contributed by atoms with Gasteiger partial charge in [-0.25, -0.2) is 4.98 Å². The number of hydrogen-bond donors (Lipinski definition) is 3. The van der Waals surface area contributed by atoms with E-state index in [1.807, 2.05) is 6.07 Å². The van der Waals surface area contributed by atoms with Crippen LogP contribution in [0.5, 0.6) is 0 Å². The van der Waals surface area contributed by atoms with Crippen molar-refractivity contribution in [3.05, 3.63) is 12.1 Å². The van der Waals surface area contributed by atoms with Crippen molar-refractivity contribution in [1.29, 1.82) is 0 Å². The summed E-state index contributed by atoms with van der Waals surface area (Å²) in [5.41, 5.74) is 12.0. The average Bonchev–Trinajstić information content (AvgIpc) is 2.20. The van der Waals surface area contributed by atoms with Gasteiger partial charge >= 0.3 is 0 Å². The molecule has 5 N–H and O–H groups in total. The first-order chi connectivity index (χ1) is 6.94. The van der Waals surface area contributed by atoms with Crippen LogP contribution in [0.15, 0.2) is 12.1 Å². The summed E-state index contributed by atoms with van der Waals surface area (Å²) in [5, 5.41) is 3.26. The van der Waals surface area contributed by atoms with Crippen LogP contribution in [-0.4, -0.2) is 11.5 Å². The Kier molecular flexibility index (Phi) is 3.39. The summed E-state index contributed by atoms with van der Waals surface area (Å²) in [4.78, 5) is 4.15. The zero-order chi connectivity index (χ0) is 11.5. The van der Waals surface area contributed by atoms with E-state index < -0.39 is 0 Å². The molecule has 4 heteroatoms. The molecule has 15 heavy (non-hydrogen) atoms. The van der Waals surface area contributed by atoms with Gasteiger partial charge in [-0.2, -0.15) is 0 Å². The first-order valence-electron chi connectivity index (χ1n) is 5.20. The summed E-state index contributed by atoms with van der Waals surface area (Å²) in [6.45, 7) is 7.47. The number of hydrogen-bond acceptors (Lipinski definition) is 4. The van der Waals surface area contributed by atoms with Crippen molar-refractivity contribution in [2.45, 2.75) is 27.2 Å². The number of rotatable bonds is 4. The maximum absolute atomic E-state index is 5.62. The van der Waals surface area contributed by atoms with Crippen molar-refractivity contribution >= 4 is 17.3 Å². The first kappa shape index (κ1) is 11.6. The van der Waals surface area contributed by atoms with Crippen molar-refractivity contribution in [2.24, 2.45) is 5.41 Å². The standard InChI is InChI=1S/C11H20N4/c1-4-11(2,3)7-14-9-6-5-8(12)10(13)15-9/h5-6H,4,7,12H2,1-3H3,(H3,13,14,15). The SMILES string of the molecule is CCC(C)(C)CNc1ccc(N)c(N)n1. The third kappa shape index (κ3) is 3.31. The van der Waals surface area contributed by atoms with Crippen LogP contribution in [0.25, 0.3) is 0 Å². The molecular formula is C11H20N4. The minimum atomic E-state index is 0.262. The smallest absolute Gasteiger partial charge is 0.149 e. The van der Waals surface area contributed by atoms with Crippen molar-refractivity contribution in [1.82, 2.24) is 4.98 Å². The van der Waals surface area contributed by atoms with Gasteiger partial charge in [0.2, 0.25) is 0 Å². The number of nitrogen functional groups attached to an aromatic ring is 2. The Morgan fingerprint density at radius 1 is 1.33 bits per heavy atom. The molecule has 0 bridgehead atoms. The number of nitrogens with one attached hydrogen (secondary N) is 1. The molecule has 0 aromatic carbocycles. The Balaban J connectivity index is 2.62. The van der Waals surface area contributed by atoms with Gasteiger partial charge in [0.05, 0.1) is 5.69 Å². The van der Waals surface area contributed by atoms with Gasteiger partial charge in [-0.05, 0) is 24.0 Å². The van der Waals surface area contributed by atoms with Gasteiger partial charge in [0.15, 0.2) is 0 Å². The highest BCUT2D eigenvalue weighted by atomic mass is 15.0. The van der Waals surface area contributed by atoms with Gasteiger partial charge < -0.3 is 16.8 Å². The molecule has 0 aliphatic rings. The number of pyridine rings is 1.